The number of alkyl carbamates (subject to hydrolysis) is 1. The van der Waals surface area contributed by atoms with Gasteiger partial charge in [-0.25, -0.2) is 9.18 Å². The van der Waals surface area contributed by atoms with Gasteiger partial charge in [-0.15, -0.1) is 0 Å². The van der Waals surface area contributed by atoms with E-state index in [0.29, 0.717) is 42.9 Å². The second-order valence-corrected chi connectivity index (χ2v) is 8.58. The average Bonchev–Trinajstić information content (AvgIpc) is 3.27. The predicted molar refractivity (Wildman–Crippen MR) is 102 cm³/mol. The molecule has 2 fully saturated rings. The molecule has 1 aromatic carbocycles. The van der Waals surface area contributed by atoms with Crippen LogP contribution in [0.5, 0.6) is 0 Å². The van der Waals surface area contributed by atoms with Gasteiger partial charge in [0.25, 0.3) is 5.91 Å². The zero-order chi connectivity index (χ0) is 20.3. The third-order valence-corrected chi connectivity index (χ3v) is 6.60. The fourth-order valence-corrected chi connectivity index (χ4v) is 5.12. The van der Waals surface area contributed by atoms with Crippen LogP contribution in [0, 0.1) is 11.7 Å². The number of aromatic nitrogens is 2. The second kappa shape index (κ2) is 6.45. The van der Waals surface area contributed by atoms with Crippen molar-refractivity contribution in [2.24, 2.45) is 13.0 Å². The molecular formula is C20H20ClFN4O3. The van der Waals surface area contributed by atoms with Crippen molar-refractivity contribution in [1.29, 1.82) is 0 Å². The molecule has 0 radical (unpaired) electrons. The summed E-state index contributed by atoms with van der Waals surface area (Å²) < 4.78 is 20.9. The summed E-state index contributed by atoms with van der Waals surface area (Å²) in [6.07, 6.45) is 3.11. The predicted octanol–water partition coefficient (Wildman–Crippen LogP) is 2.84. The molecule has 0 bridgehead atoms. The molecule has 1 spiro atoms. The number of halogens is 2. The number of carbonyl (C=O) groups is 2. The number of nitrogens with one attached hydrogen (secondary N) is 1. The SMILES string of the molecule is Cn1ncc(Cl)c1CC1c2ccc(F)cc2C(=O)N1CC1CC2(CNC(=O)O2)C1. The fraction of sp³-hybridized carbons (Fsp3) is 0.450. The van der Waals surface area contributed by atoms with Crippen molar-refractivity contribution < 1.29 is 18.7 Å². The lowest BCUT2D eigenvalue weighted by Crippen LogP contribution is -2.51. The Morgan fingerprint density at radius 3 is 2.83 bits per heavy atom. The summed E-state index contributed by atoms with van der Waals surface area (Å²) in [6, 6.07) is 4.13. The van der Waals surface area contributed by atoms with Crippen molar-refractivity contribution in [3.8, 4) is 0 Å². The van der Waals surface area contributed by atoms with Crippen LogP contribution in [-0.4, -0.2) is 45.4 Å². The standard InChI is InChI=1S/C20H20ClFN4O3/c1-25-17(15(21)8-24-25)5-16-13-3-2-12(22)4-14(13)18(27)26(16)9-11-6-20(7-11)10-23-19(28)29-20/h2-4,8,11,16H,5-7,9-10H2,1H3,(H,23,28). The first-order valence-electron chi connectivity index (χ1n) is 9.59. The first kappa shape index (κ1) is 18.4. The monoisotopic (exact) mass is 418 g/mol. The van der Waals surface area contributed by atoms with Crippen molar-refractivity contribution in [2.75, 3.05) is 13.1 Å². The molecule has 1 unspecified atom stereocenters. The Balaban J connectivity index is 1.40. The number of ether oxygens (including phenoxy) is 1. The van der Waals surface area contributed by atoms with Gasteiger partial charge in [-0.05, 0) is 36.5 Å². The molecule has 7 nitrogen and oxygen atoms in total. The van der Waals surface area contributed by atoms with Crippen LogP contribution in [0.2, 0.25) is 5.02 Å². The largest absolute Gasteiger partial charge is 0.441 e. The van der Waals surface area contributed by atoms with E-state index in [1.807, 2.05) is 7.05 Å². The molecule has 9 heteroatoms. The Bertz CT molecular complexity index is 998. The van der Waals surface area contributed by atoms with Gasteiger partial charge in [-0.3, -0.25) is 9.48 Å². The van der Waals surface area contributed by atoms with Gasteiger partial charge < -0.3 is 15.0 Å². The molecule has 1 atom stereocenters. The van der Waals surface area contributed by atoms with Crippen molar-refractivity contribution in [3.05, 3.63) is 52.1 Å². The Morgan fingerprint density at radius 2 is 2.17 bits per heavy atom. The number of aryl methyl sites for hydroxylation is 1. The lowest BCUT2D eigenvalue weighted by Gasteiger charge is -2.44. The number of hydrogen-bond acceptors (Lipinski definition) is 4. The van der Waals surface area contributed by atoms with Crippen LogP contribution in [0.3, 0.4) is 0 Å². The Hall–Kier alpha value is -2.61. The van der Waals surface area contributed by atoms with Crippen molar-refractivity contribution in [2.45, 2.75) is 30.9 Å². The first-order chi connectivity index (χ1) is 13.8. The van der Waals surface area contributed by atoms with E-state index in [1.54, 1.807) is 21.8 Å². The lowest BCUT2D eigenvalue weighted by atomic mass is 9.70. The van der Waals surface area contributed by atoms with Crippen LogP contribution in [-0.2, 0) is 18.2 Å². The maximum atomic E-state index is 13.8. The van der Waals surface area contributed by atoms with Gasteiger partial charge in [0.05, 0.1) is 29.5 Å². The van der Waals surface area contributed by atoms with E-state index in [1.165, 1.54) is 12.1 Å². The minimum atomic E-state index is -0.440. The zero-order valence-electron chi connectivity index (χ0n) is 15.8. The number of fused-ring (bicyclic) bond motifs is 1. The second-order valence-electron chi connectivity index (χ2n) is 8.17. The summed E-state index contributed by atoms with van der Waals surface area (Å²) >= 11 is 6.30. The molecule has 2 aromatic rings. The van der Waals surface area contributed by atoms with Gasteiger partial charge in [0.15, 0.2) is 0 Å². The van der Waals surface area contributed by atoms with E-state index in [2.05, 4.69) is 10.4 Å². The summed E-state index contributed by atoms with van der Waals surface area (Å²) in [7, 11) is 1.81. The summed E-state index contributed by atoms with van der Waals surface area (Å²) in [5.41, 5.74) is 1.59. The fourth-order valence-electron chi connectivity index (χ4n) is 4.88. The third-order valence-electron chi connectivity index (χ3n) is 6.28. The van der Waals surface area contributed by atoms with Gasteiger partial charge in [0.2, 0.25) is 0 Å². The lowest BCUT2D eigenvalue weighted by molar-refractivity contribution is -0.0555. The molecule has 3 aliphatic rings. The molecule has 2 amide bonds. The molecule has 3 heterocycles. The number of benzene rings is 1. The number of nitrogens with zero attached hydrogens (tertiary/aromatic N) is 3. The minimum absolute atomic E-state index is 0.176. The van der Waals surface area contributed by atoms with Crippen LogP contribution in [0.1, 0.15) is 40.5 Å². The van der Waals surface area contributed by atoms with Crippen LogP contribution >= 0.6 is 11.6 Å². The Morgan fingerprint density at radius 1 is 1.38 bits per heavy atom. The molecule has 29 heavy (non-hydrogen) atoms. The quantitative estimate of drug-likeness (QED) is 0.828. The molecule has 2 aliphatic heterocycles. The number of hydrogen-bond donors (Lipinski definition) is 1. The minimum Gasteiger partial charge on any atom is -0.441 e. The highest BCUT2D eigenvalue weighted by atomic mass is 35.5. The van der Waals surface area contributed by atoms with Crippen LogP contribution < -0.4 is 5.32 Å². The summed E-state index contributed by atoms with van der Waals surface area (Å²) in [6.45, 7) is 1.03. The molecule has 152 valence electrons. The average molecular weight is 419 g/mol. The van der Waals surface area contributed by atoms with E-state index in [-0.39, 0.29) is 24.0 Å². The molecule has 1 aliphatic carbocycles. The van der Waals surface area contributed by atoms with Gasteiger partial charge in [0.1, 0.15) is 11.4 Å². The number of carbonyl (C=O) groups excluding carboxylic acids is 2. The summed E-state index contributed by atoms with van der Waals surface area (Å²) in [4.78, 5) is 26.3. The van der Waals surface area contributed by atoms with Crippen molar-refractivity contribution >= 4 is 23.6 Å². The molecule has 5 rings (SSSR count). The zero-order valence-corrected chi connectivity index (χ0v) is 16.6. The molecule has 1 saturated carbocycles. The van der Waals surface area contributed by atoms with Crippen molar-refractivity contribution in [3.63, 3.8) is 0 Å². The van der Waals surface area contributed by atoms with Gasteiger partial charge in [-0.2, -0.15) is 5.10 Å². The van der Waals surface area contributed by atoms with Gasteiger partial charge >= 0.3 is 6.09 Å². The first-order valence-corrected chi connectivity index (χ1v) is 9.97. The highest BCUT2D eigenvalue weighted by Gasteiger charge is 2.52. The topological polar surface area (TPSA) is 76.5 Å². The third kappa shape index (κ3) is 2.97. The van der Waals surface area contributed by atoms with Crippen molar-refractivity contribution in [1.82, 2.24) is 20.0 Å². The summed E-state index contributed by atoms with van der Waals surface area (Å²) in [5, 5.41) is 7.42. The maximum Gasteiger partial charge on any atom is 0.407 e. The summed E-state index contributed by atoms with van der Waals surface area (Å²) in [5.74, 6) is -0.386. The van der Waals surface area contributed by atoms with Gasteiger partial charge in [0, 0.05) is 25.6 Å². The number of amides is 2. The number of rotatable bonds is 4. The highest BCUT2D eigenvalue weighted by Crippen LogP contribution is 2.46. The smallest absolute Gasteiger partial charge is 0.407 e. The van der Waals surface area contributed by atoms with E-state index in [9.17, 15) is 14.0 Å². The molecule has 1 saturated heterocycles. The van der Waals surface area contributed by atoms with Gasteiger partial charge in [-0.1, -0.05) is 17.7 Å². The van der Waals surface area contributed by atoms with E-state index < -0.39 is 11.4 Å². The molecule has 1 N–H and O–H groups in total. The maximum absolute atomic E-state index is 13.8. The Kier molecular flexibility index (Phi) is 4.10. The van der Waals surface area contributed by atoms with Crippen LogP contribution in [0.25, 0.3) is 0 Å². The Labute approximate surface area is 171 Å². The van der Waals surface area contributed by atoms with Crippen LogP contribution in [0.15, 0.2) is 24.4 Å². The highest BCUT2D eigenvalue weighted by molar-refractivity contribution is 6.31. The van der Waals surface area contributed by atoms with E-state index in [4.69, 9.17) is 16.3 Å². The van der Waals surface area contributed by atoms with E-state index in [0.717, 1.165) is 11.3 Å². The molecule has 1 aromatic heterocycles. The van der Waals surface area contributed by atoms with Crippen LogP contribution in [0.4, 0.5) is 9.18 Å². The molecular weight excluding hydrogens is 399 g/mol. The normalized spacial score (nSPS) is 27.8. The van der Waals surface area contributed by atoms with E-state index >= 15 is 0 Å².